The van der Waals surface area contributed by atoms with Gasteiger partial charge in [-0.3, -0.25) is 9.79 Å². The molecule has 0 saturated carbocycles. The Labute approximate surface area is 163 Å². The lowest BCUT2D eigenvalue weighted by Crippen LogP contribution is -2.37. The van der Waals surface area contributed by atoms with Gasteiger partial charge >= 0.3 is 0 Å². The van der Waals surface area contributed by atoms with Gasteiger partial charge in [-0.25, -0.2) is 4.39 Å². The van der Waals surface area contributed by atoms with E-state index in [0.29, 0.717) is 19.0 Å². The number of halogens is 1. The van der Waals surface area contributed by atoms with Gasteiger partial charge in [0.2, 0.25) is 5.91 Å². The molecule has 2 aromatic carbocycles. The van der Waals surface area contributed by atoms with Crippen LogP contribution in [-0.4, -0.2) is 30.4 Å². The van der Waals surface area contributed by atoms with Crippen LogP contribution in [0, 0.1) is 5.82 Å². The van der Waals surface area contributed by atoms with Crippen molar-refractivity contribution in [3.05, 3.63) is 65.6 Å². The van der Waals surface area contributed by atoms with Crippen molar-refractivity contribution < 1.29 is 9.18 Å². The third-order valence-corrected chi connectivity index (χ3v) is 4.35. The number of carbonyl (C=O) groups is 1. The van der Waals surface area contributed by atoms with Crippen molar-refractivity contribution in [3.63, 3.8) is 0 Å². The monoisotopic (exact) mass is 381 g/mol. The van der Waals surface area contributed by atoms with Crippen LogP contribution < -0.4 is 16.0 Å². The van der Waals surface area contributed by atoms with Gasteiger partial charge in [0.25, 0.3) is 0 Å². The van der Waals surface area contributed by atoms with Crippen molar-refractivity contribution in [1.29, 1.82) is 0 Å². The molecule has 1 amide bonds. The number of anilines is 1. The molecule has 146 valence electrons. The molecule has 0 atom stereocenters. The number of rotatable bonds is 6. The Balaban J connectivity index is 1.52. The second-order valence-corrected chi connectivity index (χ2v) is 6.49. The molecule has 0 unspecified atom stereocenters. The summed E-state index contributed by atoms with van der Waals surface area (Å²) < 4.78 is 13.5. The maximum absolute atomic E-state index is 13.5. The first-order valence-corrected chi connectivity index (χ1v) is 9.11. The standard InChI is InChI=1S/C21H24FN5O/c1-14(28)27-18-5-3-4-15(10-18)12-26-21(23-2)24-9-8-16-13-25-20-7-6-17(22)11-19(16)20/h3-7,10-11,13,25H,8-9,12H2,1-2H3,(H,27,28)(H2,23,24,26). The Morgan fingerprint density at radius 1 is 1.18 bits per heavy atom. The van der Waals surface area contributed by atoms with E-state index in [1.54, 1.807) is 19.2 Å². The van der Waals surface area contributed by atoms with Gasteiger partial charge in [-0.15, -0.1) is 0 Å². The summed E-state index contributed by atoms with van der Waals surface area (Å²) >= 11 is 0. The molecule has 4 N–H and O–H groups in total. The summed E-state index contributed by atoms with van der Waals surface area (Å²) in [6.45, 7) is 2.72. The average molecular weight is 381 g/mol. The smallest absolute Gasteiger partial charge is 0.221 e. The van der Waals surface area contributed by atoms with Crippen LogP contribution in [0.1, 0.15) is 18.1 Å². The first-order valence-electron chi connectivity index (χ1n) is 9.11. The fraction of sp³-hybridized carbons (Fsp3) is 0.238. The van der Waals surface area contributed by atoms with Gasteiger partial charge in [-0.05, 0) is 47.9 Å². The molecule has 0 fully saturated rings. The molecule has 3 rings (SSSR count). The Kier molecular flexibility index (Phi) is 6.26. The molecular weight excluding hydrogens is 357 g/mol. The van der Waals surface area contributed by atoms with E-state index in [0.717, 1.165) is 34.1 Å². The molecule has 3 aromatic rings. The lowest BCUT2D eigenvalue weighted by molar-refractivity contribution is -0.114. The molecule has 0 spiro atoms. The van der Waals surface area contributed by atoms with E-state index in [1.807, 2.05) is 30.5 Å². The van der Waals surface area contributed by atoms with Crippen LogP contribution in [0.5, 0.6) is 0 Å². The minimum atomic E-state index is -0.236. The molecule has 0 aliphatic rings. The number of H-pyrrole nitrogens is 1. The number of benzene rings is 2. The average Bonchev–Trinajstić information content (AvgIpc) is 3.06. The van der Waals surface area contributed by atoms with Gasteiger partial charge < -0.3 is 20.9 Å². The van der Waals surface area contributed by atoms with E-state index in [9.17, 15) is 9.18 Å². The minimum absolute atomic E-state index is 0.0975. The van der Waals surface area contributed by atoms with E-state index in [-0.39, 0.29) is 11.7 Å². The summed E-state index contributed by atoms with van der Waals surface area (Å²) in [6, 6.07) is 12.4. The molecule has 1 heterocycles. The van der Waals surface area contributed by atoms with Gasteiger partial charge in [0.05, 0.1) is 0 Å². The number of nitrogens with one attached hydrogen (secondary N) is 4. The Morgan fingerprint density at radius 3 is 2.82 bits per heavy atom. The Bertz CT molecular complexity index is 995. The van der Waals surface area contributed by atoms with Crippen LogP contribution in [0.2, 0.25) is 0 Å². The number of aromatic nitrogens is 1. The van der Waals surface area contributed by atoms with Crippen molar-refractivity contribution in [3.8, 4) is 0 Å². The molecule has 0 radical (unpaired) electrons. The predicted molar refractivity (Wildman–Crippen MR) is 111 cm³/mol. The fourth-order valence-electron chi connectivity index (χ4n) is 3.04. The highest BCUT2D eigenvalue weighted by molar-refractivity contribution is 5.88. The van der Waals surface area contributed by atoms with E-state index in [4.69, 9.17) is 0 Å². The van der Waals surface area contributed by atoms with Crippen molar-refractivity contribution >= 4 is 28.5 Å². The highest BCUT2D eigenvalue weighted by Gasteiger charge is 2.06. The van der Waals surface area contributed by atoms with Gasteiger partial charge in [-0.1, -0.05) is 12.1 Å². The number of aromatic amines is 1. The van der Waals surface area contributed by atoms with Crippen molar-refractivity contribution in [2.45, 2.75) is 19.9 Å². The molecule has 0 bridgehead atoms. The number of guanidine groups is 1. The van der Waals surface area contributed by atoms with Crippen LogP contribution in [-0.2, 0) is 17.8 Å². The van der Waals surface area contributed by atoms with E-state index >= 15 is 0 Å². The maximum Gasteiger partial charge on any atom is 0.221 e. The number of hydrogen-bond donors (Lipinski definition) is 4. The van der Waals surface area contributed by atoms with Gasteiger partial charge in [0, 0.05) is 49.8 Å². The Morgan fingerprint density at radius 2 is 2.04 bits per heavy atom. The summed E-state index contributed by atoms with van der Waals surface area (Å²) in [4.78, 5) is 18.6. The number of hydrogen-bond acceptors (Lipinski definition) is 2. The number of aliphatic imine (C=N–C) groups is 1. The zero-order chi connectivity index (χ0) is 19.9. The van der Waals surface area contributed by atoms with Crippen LogP contribution in [0.25, 0.3) is 10.9 Å². The Hall–Kier alpha value is -3.35. The summed E-state index contributed by atoms with van der Waals surface area (Å²) in [5.74, 6) is 0.343. The third-order valence-electron chi connectivity index (χ3n) is 4.35. The third kappa shape index (κ3) is 5.09. The second-order valence-electron chi connectivity index (χ2n) is 6.49. The van der Waals surface area contributed by atoms with E-state index in [1.165, 1.54) is 13.0 Å². The van der Waals surface area contributed by atoms with Gasteiger partial charge in [0.1, 0.15) is 5.82 Å². The molecule has 0 aliphatic heterocycles. The minimum Gasteiger partial charge on any atom is -0.361 e. The molecule has 6 nitrogen and oxygen atoms in total. The van der Waals surface area contributed by atoms with Gasteiger partial charge in [-0.2, -0.15) is 0 Å². The van der Waals surface area contributed by atoms with Crippen LogP contribution >= 0.6 is 0 Å². The zero-order valence-corrected chi connectivity index (χ0v) is 16.0. The second kappa shape index (κ2) is 9.03. The van der Waals surface area contributed by atoms with Gasteiger partial charge in [0.15, 0.2) is 5.96 Å². The summed E-state index contributed by atoms with van der Waals surface area (Å²) in [5.41, 5.74) is 3.78. The number of amides is 1. The SMILES string of the molecule is CN=C(NCCc1c[nH]c2ccc(F)cc12)NCc1cccc(NC(C)=O)c1. The fourth-order valence-corrected chi connectivity index (χ4v) is 3.04. The summed E-state index contributed by atoms with van der Waals surface area (Å²) in [5, 5.41) is 10.2. The highest BCUT2D eigenvalue weighted by Crippen LogP contribution is 2.19. The van der Waals surface area contributed by atoms with Crippen molar-refractivity contribution in [2.75, 3.05) is 18.9 Å². The van der Waals surface area contributed by atoms with Crippen molar-refractivity contribution in [2.24, 2.45) is 4.99 Å². The highest BCUT2D eigenvalue weighted by atomic mass is 19.1. The first-order chi connectivity index (χ1) is 13.5. The van der Waals surface area contributed by atoms with Crippen LogP contribution in [0.15, 0.2) is 53.7 Å². The molecule has 0 saturated heterocycles. The number of carbonyl (C=O) groups excluding carboxylic acids is 1. The molecule has 7 heteroatoms. The molecule has 1 aromatic heterocycles. The topological polar surface area (TPSA) is 81.3 Å². The van der Waals surface area contributed by atoms with Crippen LogP contribution in [0.3, 0.4) is 0 Å². The zero-order valence-electron chi connectivity index (χ0n) is 16.0. The molecular formula is C21H24FN5O. The summed E-state index contributed by atoms with van der Waals surface area (Å²) in [7, 11) is 1.71. The lowest BCUT2D eigenvalue weighted by atomic mass is 10.1. The van der Waals surface area contributed by atoms with Crippen LogP contribution in [0.4, 0.5) is 10.1 Å². The first kappa shape index (κ1) is 19.4. The predicted octanol–water partition coefficient (Wildman–Crippen LogP) is 3.17. The maximum atomic E-state index is 13.5. The molecule has 28 heavy (non-hydrogen) atoms. The number of nitrogens with zero attached hydrogens (tertiary/aromatic N) is 1. The normalized spacial score (nSPS) is 11.5. The largest absolute Gasteiger partial charge is 0.361 e. The van der Waals surface area contributed by atoms with Crippen molar-refractivity contribution in [1.82, 2.24) is 15.6 Å². The van der Waals surface area contributed by atoms with E-state index in [2.05, 4.69) is 25.9 Å². The lowest BCUT2D eigenvalue weighted by Gasteiger charge is -2.12. The quantitative estimate of drug-likeness (QED) is 0.391. The number of fused-ring (bicyclic) bond motifs is 1. The molecule has 0 aliphatic carbocycles. The van der Waals surface area contributed by atoms with E-state index < -0.39 is 0 Å². The summed E-state index contributed by atoms with van der Waals surface area (Å²) in [6.07, 6.45) is 2.65.